The highest BCUT2D eigenvalue weighted by Crippen LogP contribution is 2.36. The molecule has 0 saturated heterocycles. The SMILES string of the molecule is CCCN(CC(C)CC)C1(CN)CCC(C)CC1. The molecule has 0 spiro atoms. The molecule has 0 aromatic rings. The van der Waals surface area contributed by atoms with E-state index in [0.717, 1.165) is 18.4 Å². The van der Waals surface area contributed by atoms with Gasteiger partial charge in [0.2, 0.25) is 0 Å². The van der Waals surface area contributed by atoms with E-state index >= 15 is 0 Å². The fourth-order valence-corrected chi connectivity index (χ4v) is 3.25. The van der Waals surface area contributed by atoms with Crippen molar-refractivity contribution in [3.63, 3.8) is 0 Å². The van der Waals surface area contributed by atoms with Gasteiger partial charge in [-0.1, -0.05) is 34.1 Å². The zero-order valence-corrected chi connectivity index (χ0v) is 13.0. The van der Waals surface area contributed by atoms with Crippen LogP contribution in [0.3, 0.4) is 0 Å². The van der Waals surface area contributed by atoms with Crippen molar-refractivity contribution in [2.24, 2.45) is 17.6 Å². The van der Waals surface area contributed by atoms with Gasteiger partial charge in [-0.2, -0.15) is 0 Å². The Morgan fingerprint density at radius 2 is 1.89 bits per heavy atom. The first-order valence-electron chi connectivity index (χ1n) is 8.03. The first-order chi connectivity index (χ1) is 8.57. The smallest absolute Gasteiger partial charge is 0.0332 e. The number of hydrogen-bond acceptors (Lipinski definition) is 2. The summed E-state index contributed by atoms with van der Waals surface area (Å²) in [5.41, 5.74) is 6.50. The molecule has 0 aromatic heterocycles. The van der Waals surface area contributed by atoms with Crippen molar-refractivity contribution in [1.29, 1.82) is 0 Å². The highest BCUT2D eigenvalue weighted by molar-refractivity contribution is 4.95. The fourth-order valence-electron chi connectivity index (χ4n) is 3.25. The molecule has 1 atom stereocenters. The average Bonchev–Trinajstić information content (AvgIpc) is 2.39. The highest BCUT2D eigenvalue weighted by atomic mass is 15.2. The number of rotatable bonds is 7. The molecule has 2 N–H and O–H groups in total. The summed E-state index contributed by atoms with van der Waals surface area (Å²) in [4.78, 5) is 2.73. The normalized spacial score (nSPS) is 30.7. The van der Waals surface area contributed by atoms with E-state index in [9.17, 15) is 0 Å². The van der Waals surface area contributed by atoms with Gasteiger partial charge >= 0.3 is 0 Å². The Balaban J connectivity index is 2.72. The van der Waals surface area contributed by atoms with Gasteiger partial charge in [0.15, 0.2) is 0 Å². The van der Waals surface area contributed by atoms with Gasteiger partial charge in [0.1, 0.15) is 0 Å². The van der Waals surface area contributed by atoms with Crippen LogP contribution < -0.4 is 5.73 Å². The monoisotopic (exact) mass is 254 g/mol. The first-order valence-corrected chi connectivity index (χ1v) is 8.03. The second-order valence-corrected chi connectivity index (χ2v) is 6.57. The van der Waals surface area contributed by atoms with Crippen LogP contribution in [0.25, 0.3) is 0 Å². The van der Waals surface area contributed by atoms with E-state index in [0.29, 0.717) is 5.54 Å². The topological polar surface area (TPSA) is 29.3 Å². The molecular weight excluding hydrogens is 220 g/mol. The van der Waals surface area contributed by atoms with Crippen LogP contribution in [0.4, 0.5) is 0 Å². The van der Waals surface area contributed by atoms with Crippen LogP contribution in [-0.4, -0.2) is 30.1 Å². The molecule has 0 aromatic carbocycles. The molecule has 1 unspecified atom stereocenters. The summed E-state index contributed by atoms with van der Waals surface area (Å²) in [5, 5.41) is 0. The number of nitrogens with zero attached hydrogens (tertiary/aromatic N) is 1. The average molecular weight is 254 g/mol. The minimum Gasteiger partial charge on any atom is -0.329 e. The Morgan fingerprint density at radius 3 is 2.33 bits per heavy atom. The standard InChI is InChI=1S/C16H34N2/c1-5-11-18(12-14(3)6-2)16(13-17)9-7-15(4)8-10-16/h14-15H,5-13,17H2,1-4H3. The molecule has 1 aliphatic rings. The van der Waals surface area contributed by atoms with Gasteiger partial charge in [0.05, 0.1) is 0 Å². The molecule has 2 heteroatoms. The van der Waals surface area contributed by atoms with Gasteiger partial charge in [0.25, 0.3) is 0 Å². The molecule has 0 aliphatic heterocycles. The predicted octanol–water partition coefficient (Wildman–Crippen LogP) is 3.65. The van der Waals surface area contributed by atoms with Crippen LogP contribution in [0.2, 0.25) is 0 Å². The van der Waals surface area contributed by atoms with E-state index in [1.54, 1.807) is 0 Å². The minimum absolute atomic E-state index is 0.311. The van der Waals surface area contributed by atoms with Crippen molar-refractivity contribution in [1.82, 2.24) is 4.90 Å². The molecule has 1 fully saturated rings. The molecular formula is C16H34N2. The van der Waals surface area contributed by atoms with Gasteiger partial charge in [-0.15, -0.1) is 0 Å². The maximum Gasteiger partial charge on any atom is 0.0332 e. The Morgan fingerprint density at radius 1 is 1.28 bits per heavy atom. The van der Waals surface area contributed by atoms with Crippen molar-refractivity contribution < 1.29 is 0 Å². The third-order valence-corrected chi connectivity index (χ3v) is 4.98. The molecule has 1 aliphatic carbocycles. The summed E-state index contributed by atoms with van der Waals surface area (Å²) in [5.74, 6) is 1.69. The van der Waals surface area contributed by atoms with E-state index in [1.165, 1.54) is 51.6 Å². The third-order valence-electron chi connectivity index (χ3n) is 4.98. The molecule has 0 radical (unpaired) electrons. The summed E-state index contributed by atoms with van der Waals surface area (Å²) in [7, 11) is 0. The summed E-state index contributed by atoms with van der Waals surface area (Å²) < 4.78 is 0. The van der Waals surface area contributed by atoms with Crippen LogP contribution in [0.5, 0.6) is 0 Å². The van der Waals surface area contributed by atoms with Gasteiger partial charge in [-0.05, 0) is 50.5 Å². The second-order valence-electron chi connectivity index (χ2n) is 6.57. The first kappa shape index (κ1) is 16.0. The van der Waals surface area contributed by atoms with Crippen molar-refractivity contribution in [3.8, 4) is 0 Å². The Bertz CT molecular complexity index is 219. The lowest BCUT2D eigenvalue weighted by atomic mass is 9.75. The maximum atomic E-state index is 6.19. The molecule has 0 bridgehead atoms. The molecule has 18 heavy (non-hydrogen) atoms. The van der Waals surface area contributed by atoms with Crippen LogP contribution in [-0.2, 0) is 0 Å². The lowest BCUT2D eigenvalue weighted by Crippen LogP contribution is -2.57. The zero-order chi connectivity index (χ0) is 13.6. The van der Waals surface area contributed by atoms with E-state index < -0.39 is 0 Å². The lowest BCUT2D eigenvalue weighted by molar-refractivity contribution is 0.0330. The summed E-state index contributed by atoms with van der Waals surface area (Å²) in [6.07, 6.45) is 7.85. The maximum absolute atomic E-state index is 6.19. The zero-order valence-electron chi connectivity index (χ0n) is 13.0. The van der Waals surface area contributed by atoms with Crippen molar-refractivity contribution in [2.75, 3.05) is 19.6 Å². The Kier molecular flexibility index (Phi) is 6.65. The van der Waals surface area contributed by atoms with E-state index in [1.807, 2.05) is 0 Å². The molecule has 108 valence electrons. The van der Waals surface area contributed by atoms with Crippen LogP contribution >= 0.6 is 0 Å². The number of hydrogen-bond donors (Lipinski definition) is 1. The fraction of sp³-hybridized carbons (Fsp3) is 1.00. The van der Waals surface area contributed by atoms with Gasteiger partial charge in [-0.25, -0.2) is 0 Å². The summed E-state index contributed by atoms with van der Waals surface area (Å²) >= 11 is 0. The largest absolute Gasteiger partial charge is 0.329 e. The second kappa shape index (κ2) is 7.49. The van der Waals surface area contributed by atoms with Crippen LogP contribution in [0, 0.1) is 11.8 Å². The summed E-state index contributed by atoms with van der Waals surface area (Å²) in [6, 6.07) is 0. The molecule has 1 saturated carbocycles. The van der Waals surface area contributed by atoms with Gasteiger partial charge < -0.3 is 5.73 Å². The van der Waals surface area contributed by atoms with Crippen molar-refractivity contribution >= 4 is 0 Å². The Hall–Kier alpha value is -0.0800. The quantitative estimate of drug-likeness (QED) is 0.751. The summed E-state index contributed by atoms with van der Waals surface area (Å²) in [6.45, 7) is 12.6. The van der Waals surface area contributed by atoms with E-state index in [4.69, 9.17) is 5.73 Å². The molecule has 2 nitrogen and oxygen atoms in total. The third kappa shape index (κ3) is 3.96. The van der Waals surface area contributed by atoms with Gasteiger partial charge in [-0.3, -0.25) is 4.90 Å². The highest BCUT2D eigenvalue weighted by Gasteiger charge is 2.38. The molecule has 0 amide bonds. The van der Waals surface area contributed by atoms with Gasteiger partial charge in [0, 0.05) is 18.6 Å². The number of nitrogens with two attached hydrogens (primary N) is 1. The molecule has 0 heterocycles. The predicted molar refractivity (Wildman–Crippen MR) is 80.7 cm³/mol. The van der Waals surface area contributed by atoms with Crippen molar-refractivity contribution in [2.45, 2.75) is 71.8 Å². The minimum atomic E-state index is 0.311. The van der Waals surface area contributed by atoms with E-state index in [-0.39, 0.29) is 0 Å². The van der Waals surface area contributed by atoms with Crippen molar-refractivity contribution in [3.05, 3.63) is 0 Å². The lowest BCUT2D eigenvalue weighted by Gasteiger charge is -2.48. The Labute approximate surface area is 114 Å². The van der Waals surface area contributed by atoms with Crippen LogP contribution in [0.1, 0.15) is 66.2 Å². The molecule has 1 rings (SSSR count). The van der Waals surface area contributed by atoms with Crippen LogP contribution in [0.15, 0.2) is 0 Å². The van der Waals surface area contributed by atoms with E-state index in [2.05, 4.69) is 32.6 Å².